The van der Waals surface area contributed by atoms with Crippen molar-refractivity contribution in [2.75, 3.05) is 19.9 Å². The van der Waals surface area contributed by atoms with E-state index in [4.69, 9.17) is 4.74 Å². The summed E-state index contributed by atoms with van der Waals surface area (Å²) < 4.78 is 29.8. The van der Waals surface area contributed by atoms with Crippen LogP contribution in [-0.4, -0.2) is 49.3 Å². The van der Waals surface area contributed by atoms with Crippen molar-refractivity contribution in [1.82, 2.24) is 15.1 Å². The van der Waals surface area contributed by atoms with E-state index >= 15 is 0 Å². The monoisotopic (exact) mass is 431 g/mol. The Labute approximate surface area is 177 Å². The number of hydrogen-bond donors (Lipinski definition) is 1. The number of methoxy groups -OCH3 is 1. The van der Waals surface area contributed by atoms with E-state index in [1.54, 1.807) is 7.11 Å². The first-order valence-electron chi connectivity index (χ1n) is 10.6. The standard InChI is InChI=1S/C22H29N3O4S/c1-29-17-10-8-16(9-11-17)22(12-4-5-13-22)21(26)25-14-6-3-7-18(25)20-19(15-23-24-20)30(2,27)28/h8-11,15,18H,3-7,12-14H2,1-2H3,(H,23,24)/t18-/m1/s1. The Hall–Kier alpha value is -2.35. The molecule has 162 valence electrons. The zero-order valence-electron chi connectivity index (χ0n) is 17.6. The summed E-state index contributed by atoms with van der Waals surface area (Å²) in [4.78, 5) is 16.2. The van der Waals surface area contributed by atoms with Gasteiger partial charge in [-0.15, -0.1) is 0 Å². The van der Waals surface area contributed by atoms with Gasteiger partial charge in [0.25, 0.3) is 0 Å². The van der Waals surface area contributed by atoms with Crippen molar-refractivity contribution in [1.29, 1.82) is 0 Å². The summed E-state index contributed by atoms with van der Waals surface area (Å²) in [5.41, 5.74) is 0.990. The second kappa shape index (κ2) is 8.06. The summed E-state index contributed by atoms with van der Waals surface area (Å²) in [6, 6.07) is 7.52. The van der Waals surface area contributed by atoms with Gasteiger partial charge in [-0.1, -0.05) is 25.0 Å². The van der Waals surface area contributed by atoms with E-state index in [1.807, 2.05) is 29.2 Å². The van der Waals surface area contributed by atoms with Gasteiger partial charge in [0.2, 0.25) is 5.91 Å². The molecule has 1 aliphatic carbocycles. The number of aromatic amines is 1. The first kappa shape index (κ1) is 20.9. The van der Waals surface area contributed by atoms with E-state index in [2.05, 4.69) is 10.2 Å². The minimum Gasteiger partial charge on any atom is -0.497 e. The second-order valence-corrected chi connectivity index (χ2v) is 10.4. The number of carbonyl (C=O) groups excluding carboxylic acids is 1. The van der Waals surface area contributed by atoms with E-state index in [0.717, 1.165) is 56.3 Å². The SMILES string of the molecule is COc1ccc(C2(C(=O)N3CCCC[C@@H]3c3[nH]ncc3S(C)(=O)=O)CCCC2)cc1. The molecule has 8 heteroatoms. The Kier molecular flexibility index (Phi) is 5.61. The number of nitrogens with zero attached hydrogens (tertiary/aromatic N) is 2. The van der Waals surface area contributed by atoms with Crippen LogP contribution in [0.2, 0.25) is 0 Å². The molecule has 1 saturated heterocycles. The maximum Gasteiger partial charge on any atom is 0.233 e. The van der Waals surface area contributed by atoms with Gasteiger partial charge in [-0.2, -0.15) is 5.10 Å². The van der Waals surface area contributed by atoms with Crippen LogP contribution in [0.15, 0.2) is 35.4 Å². The van der Waals surface area contributed by atoms with Gasteiger partial charge in [-0.05, 0) is 49.8 Å². The molecule has 1 aromatic heterocycles. The van der Waals surface area contributed by atoms with Crippen LogP contribution in [0, 0.1) is 0 Å². The number of nitrogens with one attached hydrogen (secondary N) is 1. The highest BCUT2D eigenvalue weighted by Crippen LogP contribution is 2.46. The van der Waals surface area contributed by atoms with E-state index in [1.165, 1.54) is 12.5 Å². The fraction of sp³-hybridized carbons (Fsp3) is 0.545. The molecule has 7 nitrogen and oxygen atoms in total. The lowest BCUT2D eigenvalue weighted by molar-refractivity contribution is -0.141. The molecule has 0 bridgehead atoms. The number of sulfone groups is 1. The summed E-state index contributed by atoms with van der Waals surface area (Å²) in [6.45, 7) is 0.629. The predicted octanol–water partition coefficient (Wildman–Crippen LogP) is 3.39. The fourth-order valence-electron chi connectivity index (χ4n) is 5.08. The molecular formula is C22H29N3O4S. The van der Waals surface area contributed by atoms with Crippen LogP contribution in [0.3, 0.4) is 0 Å². The number of piperidine rings is 1. The highest BCUT2D eigenvalue weighted by atomic mass is 32.2. The summed E-state index contributed by atoms with van der Waals surface area (Å²) >= 11 is 0. The number of benzene rings is 1. The average molecular weight is 432 g/mol. The number of likely N-dealkylation sites (tertiary alicyclic amines) is 1. The van der Waals surface area contributed by atoms with Crippen LogP contribution in [0.5, 0.6) is 5.75 Å². The van der Waals surface area contributed by atoms with E-state index in [-0.39, 0.29) is 16.8 Å². The molecule has 0 unspecified atom stereocenters. The lowest BCUT2D eigenvalue weighted by Crippen LogP contribution is -2.49. The lowest BCUT2D eigenvalue weighted by atomic mass is 9.76. The minimum absolute atomic E-state index is 0.101. The van der Waals surface area contributed by atoms with Crippen molar-refractivity contribution in [3.63, 3.8) is 0 Å². The molecule has 1 aliphatic heterocycles. The van der Waals surface area contributed by atoms with Gasteiger partial charge in [-0.25, -0.2) is 8.42 Å². The van der Waals surface area contributed by atoms with Gasteiger partial charge >= 0.3 is 0 Å². The Bertz CT molecular complexity index is 1010. The van der Waals surface area contributed by atoms with E-state index < -0.39 is 15.3 Å². The molecule has 30 heavy (non-hydrogen) atoms. The average Bonchev–Trinajstić information content (AvgIpc) is 3.44. The van der Waals surface area contributed by atoms with Crippen molar-refractivity contribution in [3.8, 4) is 5.75 Å². The van der Waals surface area contributed by atoms with Crippen molar-refractivity contribution in [3.05, 3.63) is 41.7 Å². The second-order valence-electron chi connectivity index (χ2n) is 8.45. The van der Waals surface area contributed by atoms with Crippen molar-refractivity contribution in [2.45, 2.75) is 61.3 Å². The van der Waals surface area contributed by atoms with Crippen LogP contribution >= 0.6 is 0 Å². The molecule has 0 spiro atoms. The summed E-state index contributed by atoms with van der Waals surface area (Å²) in [6.07, 6.45) is 8.78. The van der Waals surface area contributed by atoms with Crippen LogP contribution in [0.25, 0.3) is 0 Å². The molecule has 2 heterocycles. The number of amides is 1. The number of rotatable bonds is 5. The smallest absolute Gasteiger partial charge is 0.233 e. The molecule has 2 aromatic rings. The zero-order valence-corrected chi connectivity index (χ0v) is 18.4. The van der Waals surface area contributed by atoms with Crippen molar-refractivity contribution < 1.29 is 17.9 Å². The first-order chi connectivity index (χ1) is 14.4. The van der Waals surface area contributed by atoms with Gasteiger partial charge in [0.15, 0.2) is 9.84 Å². The third-order valence-corrected chi connectivity index (χ3v) is 7.76. The van der Waals surface area contributed by atoms with Gasteiger partial charge in [0, 0.05) is 12.8 Å². The number of carbonyl (C=O) groups is 1. The van der Waals surface area contributed by atoms with Crippen LogP contribution in [0.1, 0.15) is 62.2 Å². The Morgan fingerprint density at radius 1 is 1.17 bits per heavy atom. The van der Waals surface area contributed by atoms with E-state index in [9.17, 15) is 13.2 Å². The van der Waals surface area contributed by atoms with Crippen molar-refractivity contribution >= 4 is 15.7 Å². The molecule has 2 fully saturated rings. The largest absolute Gasteiger partial charge is 0.497 e. The zero-order chi connectivity index (χ0) is 21.4. The summed E-state index contributed by atoms with van der Waals surface area (Å²) in [7, 11) is -1.80. The molecule has 1 aromatic carbocycles. The molecule has 4 rings (SSSR count). The Morgan fingerprint density at radius 3 is 2.50 bits per heavy atom. The number of ether oxygens (including phenoxy) is 1. The van der Waals surface area contributed by atoms with Crippen LogP contribution in [-0.2, 0) is 20.0 Å². The predicted molar refractivity (Wildman–Crippen MR) is 113 cm³/mol. The molecule has 1 atom stereocenters. The lowest BCUT2D eigenvalue weighted by Gasteiger charge is -2.41. The number of hydrogen-bond acceptors (Lipinski definition) is 5. The third-order valence-electron chi connectivity index (χ3n) is 6.64. The Morgan fingerprint density at radius 2 is 1.87 bits per heavy atom. The summed E-state index contributed by atoms with van der Waals surface area (Å²) in [5, 5.41) is 6.88. The number of H-pyrrole nitrogens is 1. The van der Waals surface area contributed by atoms with Gasteiger partial charge in [0.05, 0.1) is 30.5 Å². The van der Waals surface area contributed by atoms with Crippen LogP contribution < -0.4 is 4.74 Å². The maximum absolute atomic E-state index is 14.1. The topological polar surface area (TPSA) is 92.4 Å². The van der Waals surface area contributed by atoms with Gasteiger partial charge < -0.3 is 9.64 Å². The van der Waals surface area contributed by atoms with E-state index in [0.29, 0.717) is 12.2 Å². The number of aromatic nitrogens is 2. The fourth-order valence-corrected chi connectivity index (χ4v) is 5.91. The molecule has 1 saturated carbocycles. The molecule has 2 aliphatic rings. The first-order valence-corrected chi connectivity index (χ1v) is 12.4. The highest BCUT2D eigenvalue weighted by Gasteiger charge is 2.47. The molecule has 0 radical (unpaired) electrons. The molecule has 1 amide bonds. The van der Waals surface area contributed by atoms with Gasteiger partial charge in [0.1, 0.15) is 10.6 Å². The van der Waals surface area contributed by atoms with Gasteiger partial charge in [-0.3, -0.25) is 9.89 Å². The van der Waals surface area contributed by atoms with Crippen LogP contribution in [0.4, 0.5) is 0 Å². The van der Waals surface area contributed by atoms with Crippen molar-refractivity contribution in [2.24, 2.45) is 0 Å². The highest BCUT2D eigenvalue weighted by molar-refractivity contribution is 7.90. The third kappa shape index (κ3) is 3.62. The summed E-state index contributed by atoms with van der Waals surface area (Å²) in [5.74, 6) is 0.870. The molecular weight excluding hydrogens is 402 g/mol. The molecule has 1 N–H and O–H groups in total. The maximum atomic E-state index is 14.1. The normalized spacial score (nSPS) is 21.5. The quantitative estimate of drug-likeness (QED) is 0.783. The minimum atomic E-state index is -3.43. The Balaban J connectivity index is 1.72.